The van der Waals surface area contributed by atoms with Crippen LogP contribution in [0.5, 0.6) is 5.75 Å². The summed E-state index contributed by atoms with van der Waals surface area (Å²) in [5, 5.41) is 4.90. The fourth-order valence-corrected chi connectivity index (χ4v) is 4.87. The SMILES string of the molecule is COc1ccccc1C=C1Sc2ccc(C(=O)NCc3cccs3)cc2N(C)C1=O. The zero-order valence-electron chi connectivity index (χ0n) is 16.5. The van der Waals surface area contributed by atoms with Crippen molar-refractivity contribution in [1.82, 2.24) is 5.32 Å². The molecule has 4 rings (SSSR count). The van der Waals surface area contributed by atoms with Crippen LogP contribution in [-0.2, 0) is 11.3 Å². The van der Waals surface area contributed by atoms with Crippen molar-refractivity contribution in [2.24, 2.45) is 0 Å². The second kappa shape index (κ2) is 8.77. The highest BCUT2D eigenvalue weighted by Crippen LogP contribution is 2.42. The monoisotopic (exact) mass is 436 g/mol. The fraction of sp³-hybridized carbons (Fsp3) is 0.130. The molecule has 0 bridgehead atoms. The Morgan fingerprint density at radius 1 is 1.17 bits per heavy atom. The standard InChI is InChI=1S/C23H20N2O3S2/c1-25-18-12-16(22(26)24-14-17-7-5-11-29-17)9-10-20(18)30-21(23(25)27)13-15-6-3-4-8-19(15)28-2/h3-13H,14H2,1-2H3,(H,24,26). The highest BCUT2D eigenvalue weighted by molar-refractivity contribution is 8.04. The summed E-state index contributed by atoms with van der Waals surface area (Å²) < 4.78 is 5.39. The van der Waals surface area contributed by atoms with Gasteiger partial charge in [0.2, 0.25) is 0 Å². The molecule has 7 heteroatoms. The molecule has 0 spiro atoms. The smallest absolute Gasteiger partial charge is 0.264 e. The molecule has 0 saturated carbocycles. The second-order valence-corrected chi connectivity index (χ2v) is 8.78. The van der Waals surface area contributed by atoms with Crippen LogP contribution in [0.15, 0.2) is 69.8 Å². The Labute approximate surface area is 183 Å². The summed E-state index contributed by atoms with van der Waals surface area (Å²) in [6.45, 7) is 0.489. The Balaban J connectivity index is 1.57. The van der Waals surface area contributed by atoms with E-state index in [9.17, 15) is 9.59 Å². The number of para-hydroxylation sites is 1. The summed E-state index contributed by atoms with van der Waals surface area (Å²) in [6.07, 6.45) is 1.84. The molecule has 2 aromatic carbocycles. The van der Waals surface area contributed by atoms with Gasteiger partial charge in [0.25, 0.3) is 11.8 Å². The van der Waals surface area contributed by atoms with Gasteiger partial charge in [0.05, 0.1) is 24.2 Å². The molecule has 0 fully saturated rings. The summed E-state index contributed by atoms with van der Waals surface area (Å²) in [7, 11) is 3.34. The number of nitrogens with one attached hydrogen (secondary N) is 1. The summed E-state index contributed by atoms with van der Waals surface area (Å²) >= 11 is 3.00. The van der Waals surface area contributed by atoms with Crippen LogP contribution in [0.2, 0.25) is 0 Å². The molecular weight excluding hydrogens is 416 g/mol. The minimum Gasteiger partial charge on any atom is -0.496 e. The number of ether oxygens (including phenoxy) is 1. The van der Waals surface area contributed by atoms with Gasteiger partial charge in [-0.05, 0) is 41.8 Å². The Morgan fingerprint density at radius 3 is 2.77 bits per heavy atom. The van der Waals surface area contributed by atoms with Crippen LogP contribution in [0, 0.1) is 0 Å². The summed E-state index contributed by atoms with van der Waals surface area (Å²) in [5.74, 6) is 0.437. The summed E-state index contributed by atoms with van der Waals surface area (Å²) in [4.78, 5) is 29.7. The molecular formula is C23H20N2O3S2. The van der Waals surface area contributed by atoms with Crippen LogP contribution in [0.4, 0.5) is 5.69 Å². The number of thioether (sulfide) groups is 1. The molecule has 2 amide bonds. The lowest BCUT2D eigenvalue weighted by molar-refractivity contribution is -0.114. The van der Waals surface area contributed by atoms with Gasteiger partial charge in [-0.2, -0.15) is 0 Å². The molecule has 1 aliphatic heterocycles. The van der Waals surface area contributed by atoms with Crippen LogP contribution in [-0.4, -0.2) is 26.0 Å². The molecule has 0 unspecified atom stereocenters. The number of likely N-dealkylation sites (N-methyl/N-ethyl adjacent to an activating group) is 1. The number of thiophene rings is 1. The maximum Gasteiger partial charge on any atom is 0.264 e. The van der Waals surface area contributed by atoms with E-state index in [1.54, 1.807) is 42.5 Å². The first-order valence-corrected chi connectivity index (χ1v) is 11.0. The number of methoxy groups -OCH3 is 1. The first kappa shape index (κ1) is 20.3. The Morgan fingerprint density at radius 2 is 2.00 bits per heavy atom. The van der Waals surface area contributed by atoms with Crippen LogP contribution in [0.3, 0.4) is 0 Å². The Hall–Kier alpha value is -3.03. The quantitative estimate of drug-likeness (QED) is 0.584. The van der Waals surface area contributed by atoms with E-state index in [0.29, 0.717) is 22.8 Å². The van der Waals surface area contributed by atoms with E-state index in [2.05, 4.69) is 5.32 Å². The summed E-state index contributed by atoms with van der Waals surface area (Å²) in [5.41, 5.74) is 2.10. The van der Waals surface area contributed by atoms with Crippen molar-refractivity contribution >= 4 is 46.7 Å². The fourth-order valence-electron chi connectivity index (χ4n) is 3.14. The number of rotatable bonds is 5. The highest BCUT2D eigenvalue weighted by atomic mass is 32.2. The van der Waals surface area contributed by atoms with Crippen molar-refractivity contribution in [2.75, 3.05) is 19.1 Å². The minimum atomic E-state index is -0.160. The zero-order valence-corrected chi connectivity index (χ0v) is 18.2. The number of benzene rings is 2. The van der Waals surface area contributed by atoms with Gasteiger partial charge in [0, 0.05) is 27.9 Å². The first-order chi connectivity index (χ1) is 14.6. The number of amides is 2. The van der Waals surface area contributed by atoms with Crippen molar-refractivity contribution in [2.45, 2.75) is 11.4 Å². The van der Waals surface area contributed by atoms with Crippen molar-refractivity contribution < 1.29 is 14.3 Å². The van der Waals surface area contributed by atoms with Gasteiger partial charge in [0.1, 0.15) is 5.75 Å². The molecule has 1 N–H and O–H groups in total. The van der Waals surface area contributed by atoms with Crippen LogP contribution < -0.4 is 15.0 Å². The van der Waals surface area contributed by atoms with Crippen molar-refractivity contribution in [3.63, 3.8) is 0 Å². The minimum absolute atomic E-state index is 0.116. The number of anilines is 1. The van der Waals surface area contributed by atoms with Crippen LogP contribution in [0.25, 0.3) is 6.08 Å². The number of nitrogens with zero attached hydrogens (tertiary/aromatic N) is 1. The molecule has 152 valence electrons. The number of hydrogen-bond donors (Lipinski definition) is 1. The van der Waals surface area contributed by atoms with E-state index in [1.807, 2.05) is 53.9 Å². The first-order valence-electron chi connectivity index (χ1n) is 9.32. The Kier molecular flexibility index (Phi) is 5.92. The predicted octanol–water partition coefficient (Wildman–Crippen LogP) is 4.80. The topological polar surface area (TPSA) is 58.6 Å². The summed E-state index contributed by atoms with van der Waals surface area (Å²) in [6, 6.07) is 17.0. The number of hydrogen-bond acceptors (Lipinski definition) is 5. The van der Waals surface area contributed by atoms with E-state index in [4.69, 9.17) is 4.74 Å². The van der Waals surface area contributed by atoms with Crippen molar-refractivity contribution in [3.8, 4) is 5.75 Å². The van der Waals surface area contributed by atoms with Crippen molar-refractivity contribution in [1.29, 1.82) is 0 Å². The predicted molar refractivity (Wildman–Crippen MR) is 122 cm³/mol. The van der Waals surface area contributed by atoms with E-state index in [-0.39, 0.29) is 11.8 Å². The van der Waals surface area contributed by atoms with Gasteiger partial charge in [-0.25, -0.2) is 0 Å². The van der Waals surface area contributed by atoms with Crippen LogP contribution >= 0.6 is 23.1 Å². The second-order valence-electron chi connectivity index (χ2n) is 6.66. The normalized spacial score (nSPS) is 14.5. The Bertz CT molecular complexity index is 1120. The third-order valence-electron chi connectivity index (χ3n) is 4.75. The highest BCUT2D eigenvalue weighted by Gasteiger charge is 2.27. The number of fused-ring (bicyclic) bond motifs is 1. The molecule has 5 nitrogen and oxygen atoms in total. The van der Waals surface area contributed by atoms with Gasteiger partial charge in [-0.3, -0.25) is 9.59 Å². The van der Waals surface area contributed by atoms with E-state index < -0.39 is 0 Å². The van der Waals surface area contributed by atoms with Gasteiger partial charge in [-0.1, -0.05) is 36.0 Å². The third kappa shape index (κ3) is 4.13. The van der Waals surface area contributed by atoms with Gasteiger partial charge in [0.15, 0.2) is 0 Å². The van der Waals surface area contributed by atoms with Gasteiger partial charge >= 0.3 is 0 Å². The van der Waals surface area contributed by atoms with E-state index >= 15 is 0 Å². The lowest BCUT2D eigenvalue weighted by atomic mass is 10.1. The van der Waals surface area contributed by atoms with Gasteiger partial charge in [-0.15, -0.1) is 11.3 Å². The molecule has 1 aromatic heterocycles. The average molecular weight is 437 g/mol. The molecule has 0 aliphatic carbocycles. The third-order valence-corrected chi connectivity index (χ3v) is 6.70. The average Bonchev–Trinajstić information content (AvgIpc) is 3.29. The molecule has 0 saturated heterocycles. The largest absolute Gasteiger partial charge is 0.496 e. The van der Waals surface area contributed by atoms with Crippen LogP contribution in [0.1, 0.15) is 20.8 Å². The van der Waals surface area contributed by atoms with Gasteiger partial charge < -0.3 is 15.0 Å². The maximum absolute atomic E-state index is 13.0. The number of carbonyl (C=O) groups excluding carboxylic acids is 2. The molecule has 30 heavy (non-hydrogen) atoms. The van der Waals surface area contributed by atoms with E-state index in [0.717, 1.165) is 21.0 Å². The lowest BCUT2D eigenvalue weighted by Gasteiger charge is -2.27. The number of carbonyl (C=O) groups is 2. The van der Waals surface area contributed by atoms with Crippen molar-refractivity contribution in [3.05, 3.63) is 80.9 Å². The lowest BCUT2D eigenvalue weighted by Crippen LogP contribution is -2.31. The maximum atomic E-state index is 13.0. The molecule has 2 heterocycles. The molecule has 0 radical (unpaired) electrons. The zero-order chi connectivity index (χ0) is 21.1. The molecule has 3 aromatic rings. The molecule has 0 atom stereocenters. The van der Waals surface area contributed by atoms with E-state index in [1.165, 1.54) is 11.8 Å². The molecule has 1 aliphatic rings.